The number of benzene rings is 1. The molecule has 0 atom stereocenters. The molecule has 0 aliphatic rings. The van der Waals surface area contributed by atoms with E-state index in [2.05, 4.69) is 5.32 Å². The van der Waals surface area contributed by atoms with Crippen molar-refractivity contribution < 1.29 is 13.6 Å². The van der Waals surface area contributed by atoms with E-state index in [0.29, 0.717) is 5.69 Å². The summed E-state index contributed by atoms with van der Waals surface area (Å²) in [6, 6.07) is 7.26. The summed E-state index contributed by atoms with van der Waals surface area (Å²) in [7, 11) is 0. The molecule has 0 fully saturated rings. The molecule has 0 aliphatic carbocycles. The van der Waals surface area contributed by atoms with Gasteiger partial charge in [0.25, 0.3) is 5.91 Å². The fourth-order valence-corrected chi connectivity index (χ4v) is 1.33. The summed E-state index contributed by atoms with van der Waals surface area (Å²) in [6.07, 6.45) is 1.45. The number of amides is 1. The molecular weight excluding hydrogens is 209 g/mol. The Morgan fingerprint density at radius 3 is 2.50 bits per heavy atom. The smallest absolute Gasteiger partial charge is 0.291 e. The lowest BCUT2D eigenvalue weighted by Crippen LogP contribution is -2.11. The minimum Gasteiger partial charge on any atom is -0.459 e. The van der Waals surface area contributed by atoms with Gasteiger partial charge in [0.2, 0.25) is 0 Å². The van der Waals surface area contributed by atoms with Gasteiger partial charge in [-0.15, -0.1) is 0 Å². The van der Waals surface area contributed by atoms with Gasteiger partial charge in [0.15, 0.2) is 5.76 Å². The lowest BCUT2D eigenvalue weighted by Gasteiger charge is -2.03. The quantitative estimate of drug-likeness (QED) is 0.843. The molecule has 3 nitrogen and oxygen atoms in total. The van der Waals surface area contributed by atoms with E-state index in [1.807, 2.05) is 0 Å². The largest absolute Gasteiger partial charge is 0.459 e. The first-order chi connectivity index (χ1) is 7.66. The second-order valence-corrected chi connectivity index (χ2v) is 3.39. The molecule has 0 saturated carbocycles. The summed E-state index contributed by atoms with van der Waals surface area (Å²) in [5.41, 5.74) is 1.29. The number of rotatable bonds is 2. The first-order valence-corrected chi connectivity index (χ1v) is 4.78. The van der Waals surface area contributed by atoms with Gasteiger partial charge in [-0.05, 0) is 37.3 Å². The lowest BCUT2D eigenvalue weighted by atomic mass is 10.2. The first-order valence-electron chi connectivity index (χ1n) is 4.78. The minimum absolute atomic E-state index is 0.268. The van der Waals surface area contributed by atoms with Crippen molar-refractivity contribution in [2.75, 3.05) is 5.32 Å². The van der Waals surface area contributed by atoms with E-state index < -0.39 is 0 Å². The molecule has 0 unspecified atom stereocenters. The van der Waals surface area contributed by atoms with E-state index in [-0.39, 0.29) is 17.5 Å². The van der Waals surface area contributed by atoms with Crippen molar-refractivity contribution in [3.8, 4) is 0 Å². The average molecular weight is 219 g/mol. The van der Waals surface area contributed by atoms with Crippen molar-refractivity contribution in [1.29, 1.82) is 0 Å². The third-order valence-corrected chi connectivity index (χ3v) is 2.17. The molecule has 1 heterocycles. The van der Waals surface area contributed by atoms with Crippen molar-refractivity contribution in [1.82, 2.24) is 0 Å². The predicted molar refractivity (Wildman–Crippen MR) is 57.8 cm³/mol. The molecule has 1 N–H and O–H groups in total. The molecule has 82 valence electrons. The van der Waals surface area contributed by atoms with Crippen molar-refractivity contribution >= 4 is 11.6 Å². The second kappa shape index (κ2) is 4.18. The highest BCUT2D eigenvalue weighted by Gasteiger charge is 2.12. The highest BCUT2D eigenvalue weighted by atomic mass is 19.1. The second-order valence-electron chi connectivity index (χ2n) is 3.39. The maximum Gasteiger partial charge on any atom is 0.291 e. The Hall–Kier alpha value is -2.10. The number of furan rings is 1. The Labute approximate surface area is 91.9 Å². The number of hydrogen-bond donors (Lipinski definition) is 1. The van der Waals surface area contributed by atoms with Crippen LogP contribution in [0.1, 0.15) is 16.1 Å². The number of carbonyl (C=O) groups excluding carboxylic acids is 1. The molecule has 0 bridgehead atoms. The Balaban J connectivity index is 2.14. The van der Waals surface area contributed by atoms with Crippen LogP contribution >= 0.6 is 0 Å². The fourth-order valence-electron chi connectivity index (χ4n) is 1.33. The van der Waals surface area contributed by atoms with Crippen LogP contribution in [0.5, 0.6) is 0 Å². The summed E-state index contributed by atoms with van der Waals surface area (Å²) < 4.78 is 17.7. The standard InChI is InChI=1S/C12H10FNO2/c1-8-6-7-16-11(8)12(15)14-10-4-2-9(13)3-5-10/h2-7H,1H3,(H,14,15). The zero-order valence-corrected chi connectivity index (χ0v) is 8.66. The number of carbonyl (C=O) groups is 1. The fraction of sp³-hybridized carbons (Fsp3) is 0.0833. The Kier molecular flexibility index (Phi) is 2.72. The minimum atomic E-state index is -0.341. The van der Waals surface area contributed by atoms with Crippen molar-refractivity contribution in [2.24, 2.45) is 0 Å². The predicted octanol–water partition coefficient (Wildman–Crippen LogP) is 2.98. The number of anilines is 1. The number of aryl methyl sites for hydroxylation is 1. The molecule has 16 heavy (non-hydrogen) atoms. The van der Waals surface area contributed by atoms with Crippen LogP contribution in [-0.4, -0.2) is 5.91 Å². The SMILES string of the molecule is Cc1ccoc1C(=O)Nc1ccc(F)cc1. The maximum absolute atomic E-state index is 12.6. The zero-order valence-electron chi connectivity index (χ0n) is 8.66. The summed E-state index contributed by atoms with van der Waals surface area (Å²) in [4.78, 5) is 11.7. The molecule has 2 rings (SSSR count). The van der Waals surface area contributed by atoms with E-state index >= 15 is 0 Å². The van der Waals surface area contributed by atoms with Crippen molar-refractivity contribution in [3.63, 3.8) is 0 Å². The van der Waals surface area contributed by atoms with Crippen LogP contribution in [0.3, 0.4) is 0 Å². The van der Waals surface area contributed by atoms with Crippen LogP contribution in [0.2, 0.25) is 0 Å². The molecule has 4 heteroatoms. The third kappa shape index (κ3) is 2.11. The van der Waals surface area contributed by atoms with E-state index in [9.17, 15) is 9.18 Å². The van der Waals surface area contributed by atoms with Crippen molar-refractivity contribution in [2.45, 2.75) is 6.92 Å². The van der Waals surface area contributed by atoms with Gasteiger partial charge in [-0.3, -0.25) is 4.79 Å². The van der Waals surface area contributed by atoms with Crippen LogP contribution in [0, 0.1) is 12.7 Å². The number of nitrogens with one attached hydrogen (secondary N) is 1. The van der Waals surface area contributed by atoms with Crippen LogP contribution in [0.15, 0.2) is 41.0 Å². The van der Waals surface area contributed by atoms with Gasteiger partial charge in [-0.25, -0.2) is 4.39 Å². The summed E-state index contributed by atoms with van der Waals surface area (Å²) in [6.45, 7) is 1.78. The topological polar surface area (TPSA) is 42.2 Å². The molecule has 0 aliphatic heterocycles. The highest BCUT2D eigenvalue weighted by Crippen LogP contribution is 2.13. The molecule has 0 spiro atoms. The molecule has 0 radical (unpaired) electrons. The zero-order chi connectivity index (χ0) is 11.5. The van der Waals surface area contributed by atoms with Gasteiger partial charge in [0, 0.05) is 11.3 Å². The van der Waals surface area contributed by atoms with Gasteiger partial charge >= 0.3 is 0 Å². The molecule has 0 saturated heterocycles. The van der Waals surface area contributed by atoms with Gasteiger partial charge in [-0.2, -0.15) is 0 Å². The third-order valence-electron chi connectivity index (χ3n) is 2.17. The van der Waals surface area contributed by atoms with Gasteiger partial charge < -0.3 is 9.73 Å². The van der Waals surface area contributed by atoms with Crippen LogP contribution < -0.4 is 5.32 Å². The van der Waals surface area contributed by atoms with Gasteiger partial charge in [0.05, 0.1) is 6.26 Å². The van der Waals surface area contributed by atoms with Gasteiger partial charge in [0.1, 0.15) is 5.82 Å². The Bertz CT molecular complexity index is 502. The highest BCUT2D eigenvalue weighted by molar-refractivity contribution is 6.03. The van der Waals surface area contributed by atoms with E-state index in [1.165, 1.54) is 30.5 Å². The van der Waals surface area contributed by atoms with Gasteiger partial charge in [-0.1, -0.05) is 0 Å². The monoisotopic (exact) mass is 219 g/mol. The van der Waals surface area contributed by atoms with Crippen LogP contribution in [-0.2, 0) is 0 Å². The first kappa shape index (κ1) is 10.4. The van der Waals surface area contributed by atoms with E-state index in [0.717, 1.165) is 5.56 Å². The summed E-state index contributed by atoms with van der Waals surface area (Å²) in [5.74, 6) is -0.411. The summed E-state index contributed by atoms with van der Waals surface area (Å²) >= 11 is 0. The van der Waals surface area contributed by atoms with Crippen molar-refractivity contribution in [3.05, 3.63) is 53.7 Å². The molecule has 1 aromatic heterocycles. The van der Waals surface area contributed by atoms with E-state index in [1.54, 1.807) is 13.0 Å². The lowest BCUT2D eigenvalue weighted by molar-refractivity contribution is 0.0996. The molecule has 1 amide bonds. The Morgan fingerprint density at radius 1 is 1.25 bits per heavy atom. The number of halogens is 1. The average Bonchev–Trinajstić information content (AvgIpc) is 2.68. The molecule has 2 aromatic rings. The van der Waals surface area contributed by atoms with E-state index in [4.69, 9.17) is 4.42 Å². The summed E-state index contributed by atoms with van der Waals surface area (Å²) in [5, 5.41) is 2.61. The maximum atomic E-state index is 12.6. The number of hydrogen-bond acceptors (Lipinski definition) is 2. The Morgan fingerprint density at radius 2 is 1.94 bits per heavy atom. The molecular formula is C12H10FNO2. The normalized spacial score (nSPS) is 10.1. The van der Waals surface area contributed by atoms with Crippen LogP contribution in [0.25, 0.3) is 0 Å². The van der Waals surface area contributed by atoms with Crippen LogP contribution in [0.4, 0.5) is 10.1 Å². The molecule has 1 aromatic carbocycles.